The van der Waals surface area contributed by atoms with Crippen LogP contribution in [0.5, 0.6) is 0 Å². The Bertz CT molecular complexity index is 460. The summed E-state index contributed by atoms with van der Waals surface area (Å²) < 4.78 is 37.0. The fourth-order valence-electron chi connectivity index (χ4n) is 1.10. The van der Waals surface area contributed by atoms with Crippen molar-refractivity contribution in [2.24, 2.45) is 0 Å². The lowest BCUT2D eigenvalue weighted by Crippen LogP contribution is -2.15. The van der Waals surface area contributed by atoms with Crippen molar-refractivity contribution in [2.45, 2.75) is 19.0 Å². The van der Waals surface area contributed by atoms with Gasteiger partial charge in [-0.05, 0) is 12.1 Å². The van der Waals surface area contributed by atoms with Gasteiger partial charge in [-0.25, -0.2) is 4.98 Å². The summed E-state index contributed by atoms with van der Waals surface area (Å²) in [6, 6.07) is 1.45. The molecule has 0 saturated heterocycles. The molecule has 98 valence electrons. The fourth-order valence-corrected chi connectivity index (χ4v) is 1.10. The highest BCUT2D eigenvalue weighted by molar-refractivity contribution is 5.91. The van der Waals surface area contributed by atoms with Gasteiger partial charge in [-0.1, -0.05) is 0 Å². The van der Waals surface area contributed by atoms with Crippen LogP contribution in [0.25, 0.3) is 0 Å². The number of anilines is 1. The number of hydrogen-bond acceptors (Lipinski definition) is 3. The van der Waals surface area contributed by atoms with Crippen molar-refractivity contribution in [1.29, 1.82) is 0 Å². The lowest BCUT2D eigenvalue weighted by atomic mass is 10.2. The zero-order valence-corrected chi connectivity index (χ0v) is 8.99. The first kappa shape index (κ1) is 13.9. The lowest BCUT2D eigenvalue weighted by molar-refractivity contribution is -0.138. The summed E-state index contributed by atoms with van der Waals surface area (Å²) in [4.78, 5) is 24.9. The van der Waals surface area contributed by atoms with Crippen LogP contribution in [0.1, 0.15) is 18.4 Å². The van der Waals surface area contributed by atoms with Gasteiger partial charge in [-0.15, -0.1) is 0 Å². The fraction of sp³-hybridized carbons (Fsp3) is 0.300. The van der Waals surface area contributed by atoms with Crippen LogP contribution in [0.2, 0.25) is 0 Å². The maximum absolute atomic E-state index is 12.3. The zero-order chi connectivity index (χ0) is 13.8. The van der Waals surface area contributed by atoms with E-state index in [1.54, 1.807) is 0 Å². The Morgan fingerprint density at radius 1 is 1.33 bits per heavy atom. The minimum absolute atomic E-state index is 0.264. The number of carbonyl (C=O) groups excluding carboxylic acids is 1. The van der Waals surface area contributed by atoms with E-state index >= 15 is 0 Å². The number of aromatic nitrogens is 1. The summed E-state index contributed by atoms with van der Waals surface area (Å²) in [5, 5.41) is 10.4. The number of aliphatic carboxylic acids is 1. The van der Waals surface area contributed by atoms with Crippen LogP contribution in [0.15, 0.2) is 18.3 Å². The number of carboxylic acids is 1. The molecule has 0 aliphatic carbocycles. The molecule has 8 heteroatoms. The number of pyridine rings is 1. The average Bonchev–Trinajstić information content (AvgIpc) is 2.25. The average molecular weight is 262 g/mol. The minimum atomic E-state index is -4.52. The molecule has 0 aromatic carbocycles. The molecule has 0 spiro atoms. The second kappa shape index (κ2) is 5.48. The van der Waals surface area contributed by atoms with Gasteiger partial charge < -0.3 is 10.4 Å². The molecule has 1 aromatic rings. The first-order valence-electron chi connectivity index (χ1n) is 4.84. The Morgan fingerprint density at radius 2 is 2.00 bits per heavy atom. The number of nitrogens with one attached hydrogen (secondary N) is 1. The van der Waals surface area contributed by atoms with Gasteiger partial charge in [0.2, 0.25) is 5.91 Å². The van der Waals surface area contributed by atoms with E-state index in [0.29, 0.717) is 6.07 Å². The minimum Gasteiger partial charge on any atom is -0.481 e. The van der Waals surface area contributed by atoms with Gasteiger partial charge in [0.25, 0.3) is 0 Å². The van der Waals surface area contributed by atoms with E-state index in [1.165, 1.54) is 0 Å². The molecule has 0 unspecified atom stereocenters. The highest BCUT2D eigenvalue weighted by atomic mass is 19.4. The maximum Gasteiger partial charge on any atom is 0.416 e. The Morgan fingerprint density at radius 3 is 2.56 bits per heavy atom. The second-order valence-electron chi connectivity index (χ2n) is 3.37. The second-order valence-corrected chi connectivity index (χ2v) is 3.37. The van der Waals surface area contributed by atoms with Crippen LogP contribution < -0.4 is 5.32 Å². The lowest BCUT2D eigenvalue weighted by Gasteiger charge is -2.08. The van der Waals surface area contributed by atoms with Gasteiger partial charge in [0.05, 0.1) is 12.0 Å². The first-order valence-corrected chi connectivity index (χ1v) is 4.84. The smallest absolute Gasteiger partial charge is 0.416 e. The molecule has 1 heterocycles. The summed E-state index contributed by atoms with van der Waals surface area (Å²) in [7, 11) is 0. The van der Waals surface area contributed by atoms with Gasteiger partial charge in [0.15, 0.2) is 0 Å². The predicted molar refractivity (Wildman–Crippen MR) is 54.7 cm³/mol. The molecule has 18 heavy (non-hydrogen) atoms. The molecule has 0 radical (unpaired) electrons. The number of carbonyl (C=O) groups is 2. The summed E-state index contributed by atoms with van der Waals surface area (Å²) >= 11 is 0. The highest BCUT2D eigenvalue weighted by Gasteiger charge is 2.30. The third kappa shape index (κ3) is 4.40. The van der Waals surface area contributed by atoms with Gasteiger partial charge in [0.1, 0.15) is 5.82 Å². The van der Waals surface area contributed by atoms with Crippen molar-refractivity contribution in [1.82, 2.24) is 4.98 Å². The molecule has 1 aromatic heterocycles. The van der Waals surface area contributed by atoms with Crippen LogP contribution in [-0.2, 0) is 15.8 Å². The van der Waals surface area contributed by atoms with E-state index in [9.17, 15) is 22.8 Å². The van der Waals surface area contributed by atoms with Crippen LogP contribution in [-0.4, -0.2) is 22.0 Å². The Balaban J connectivity index is 2.68. The van der Waals surface area contributed by atoms with Crippen LogP contribution in [0.4, 0.5) is 19.0 Å². The number of hydrogen-bond donors (Lipinski definition) is 2. The van der Waals surface area contributed by atoms with Crippen LogP contribution >= 0.6 is 0 Å². The van der Waals surface area contributed by atoms with Gasteiger partial charge in [-0.3, -0.25) is 9.59 Å². The topological polar surface area (TPSA) is 79.3 Å². The number of rotatable bonds is 4. The van der Waals surface area contributed by atoms with Crippen molar-refractivity contribution >= 4 is 17.7 Å². The standard InChI is InChI=1S/C10H9F3N2O3/c11-10(12,13)6-3-4-14-7(5-6)15-8(16)1-2-9(17)18/h3-5H,1-2H2,(H,17,18)(H,14,15,16). The van der Waals surface area contributed by atoms with Crippen LogP contribution in [0, 0.1) is 0 Å². The molecule has 0 bridgehead atoms. The van der Waals surface area contributed by atoms with E-state index in [0.717, 1.165) is 12.3 Å². The van der Waals surface area contributed by atoms with E-state index in [-0.39, 0.29) is 12.2 Å². The number of nitrogens with zero attached hydrogens (tertiary/aromatic N) is 1. The molecule has 0 atom stereocenters. The molecule has 1 amide bonds. The summed E-state index contributed by atoms with van der Waals surface area (Å²) in [5.74, 6) is -2.13. The predicted octanol–water partition coefficient (Wildman–Crippen LogP) is 1.90. The van der Waals surface area contributed by atoms with Crippen molar-refractivity contribution in [3.8, 4) is 0 Å². The van der Waals surface area contributed by atoms with E-state index in [1.807, 2.05) is 0 Å². The Kier molecular flexibility index (Phi) is 4.24. The largest absolute Gasteiger partial charge is 0.481 e. The third-order valence-corrected chi connectivity index (χ3v) is 1.92. The molecular formula is C10H9F3N2O3. The monoisotopic (exact) mass is 262 g/mol. The highest BCUT2D eigenvalue weighted by Crippen LogP contribution is 2.29. The third-order valence-electron chi connectivity index (χ3n) is 1.92. The normalized spacial score (nSPS) is 11.1. The van der Waals surface area contributed by atoms with Gasteiger partial charge in [0, 0.05) is 12.6 Å². The molecule has 0 saturated carbocycles. The molecule has 0 fully saturated rings. The molecular weight excluding hydrogens is 253 g/mol. The summed E-state index contributed by atoms with van der Waals surface area (Å²) in [6.07, 6.45) is -4.34. The SMILES string of the molecule is O=C(O)CCC(=O)Nc1cc(C(F)(F)F)ccn1. The number of carboxylic acid groups (broad SMARTS) is 1. The van der Waals surface area contributed by atoms with Crippen molar-refractivity contribution in [3.63, 3.8) is 0 Å². The number of amides is 1. The van der Waals surface area contributed by atoms with E-state index < -0.39 is 30.0 Å². The summed E-state index contributed by atoms with van der Waals surface area (Å²) in [6.45, 7) is 0. The molecule has 1 rings (SSSR count). The van der Waals surface area contributed by atoms with Crippen molar-refractivity contribution in [3.05, 3.63) is 23.9 Å². The Labute approximate surface area is 99.6 Å². The molecule has 2 N–H and O–H groups in total. The van der Waals surface area contributed by atoms with Gasteiger partial charge in [-0.2, -0.15) is 13.2 Å². The van der Waals surface area contributed by atoms with Gasteiger partial charge >= 0.3 is 12.1 Å². The molecule has 0 aliphatic rings. The zero-order valence-electron chi connectivity index (χ0n) is 8.99. The summed E-state index contributed by atoms with van der Waals surface area (Å²) in [5.41, 5.74) is -0.939. The molecule has 5 nitrogen and oxygen atoms in total. The van der Waals surface area contributed by atoms with Crippen molar-refractivity contribution < 1.29 is 27.9 Å². The van der Waals surface area contributed by atoms with Crippen LogP contribution in [0.3, 0.4) is 0 Å². The van der Waals surface area contributed by atoms with E-state index in [4.69, 9.17) is 5.11 Å². The molecule has 0 aliphatic heterocycles. The van der Waals surface area contributed by atoms with Crippen molar-refractivity contribution in [2.75, 3.05) is 5.32 Å². The quantitative estimate of drug-likeness (QED) is 0.868. The maximum atomic E-state index is 12.3. The number of halogens is 3. The first-order chi connectivity index (χ1) is 8.29. The number of alkyl halides is 3. The Hall–Kier alpha value is -2.12. The van der Waals surface area contributed by atoms with E-state index in [2.05, 4.69) is 10.3 Å².